The van der Waals surface area contributed by atoms with Crippen LogP contribution in [0.25, 0.3) is 0 Å². The number of hydrogen-bond acceptors (Lipinski definition) is 8. The Hall–Kier alpha value is -4.28. The molecule has 218 valence electrons. The van der Waals surface area contributed by atoms with E-state index in [-0.39, 0.29) is 24.7 Å². The predicted octanol–water partition coefficient (Wildman–Crippen LogP) is 2.34. The first-order valence-corrected chi connectivity index (χ1v) is 14.1. The van der Waals surface area contributed by atoms with Gasteiger partial charge in [0.25, 0.3) is 11.8 Å². The van der Waals surface area contributed by atoms with Crippen LogP contribution >= 0.6 is 0 Å². The number of anilines is 2. The average Bonchev–Trinajstić information content (AvgIpc) is 3.61. The maximum Gasteiger partial charge on any atom is 0.335 e. The van der Waals surface area contributed by atoms with Crippen LogP contribution in [0, 0.1) is 0 Å². The lowest BCUT2D eigenvalue weighted by molar-refractivity contribution is -0.156. The second-order valence-electron chi connectivity index (χ2n) is 11.5. The van der Waals surface area contributed by atoms with E-state index in [4.69, 9.17) is 9.47 Å². The summed E-state index contributed by atoms with van der Waals surface area (Å²) < 4.78 is 11.2. The number of benzene rings is 2. The van der Waals surface area contributed by atoms with Crippen molar-refractivity contribution in [2.45, 2.75) is 24.0 Å². The van der Waals surface area contributed by atoms with E-state index in [0.717, 1.165) is 24.5 Å². The van der Waals surface area contributed by atoms with Crippen molar-refractivity contribution in [1.82, 2.24) is 9.80 Å². The molecule has 0 bridgehead atoms. The third-order valence-corrected chi connectivity index (χ3v) is 8.75. The maximum absolute atomic E-state index is 13.5. The molecule has 2 atom stereocenters. The fourth-order valence-electron chi connectivity index (χ4n) is 6.35. The van der Waals surface area contributed by atoms with Gasteiger partial charge in [0.15, 0.2) is 0 Å². The Morgan fingerprint density at radius 2 is 1.05 bits per heavy atom. The van der Waals surface area contributed by atoms with Crippen LogP contribution in [0.15, 0.2) is 72.8 Å². The van der Waals surface area contributed by atoms with Gasteiger partial charge in [0.2, 0.25) is 11.2 Å². The molecule has 4 heterocycles. The van der Waals surface area contributed by atoms with Crippen LogP contribution in [-0.2, 0) is 39.9 Å². The molecule has 2 saturated heterocycles. The van der Waals surface area contributed by atoms with Crippen LogP contribution in [0.4, 0.5) is 11.4 Å². The molecule has 0 N–H and O–H groups in total. The molecule has 0 aromatic heterocycles. The van der Waals surface area contributed by atoms with E-state index < -0.39 is 23.1 Å². The predicted molar refractivity (Wildman–Crippen MR) is 156 cm³/mol. The quantitative estimate of drug-likeness (QED) is 0.335. The number of likely N-dealkylation sites (N-methyl/N-ethyl adjacent to an activating group) is 2. The van der Waals surface area contributed by atoms with Crippen molar-refractivity contribution in [1.29, 1.82) is 0 Å². The van der Waals surface area contributed by atoms with E-state index >= 15 is 0 Å². The molecule has 10 heteroatoms. The first kappa shape index (κ1) is 27.9. The van der Waals surface area contributed by atoms with Gasteiger partial charge in [-0.1, -0.05) is 49.6 Å². The van der Waals surface area contributed by atoms with Gasteiger partial charge in [0, 0.05) is 74.4 Å². The van der Waals surface area contributed by atoms with Crippen LogP contribution in [0.1, 0.15) is 24.0 Å². The number of amides is 2. The molecule has 0 aliphatic carbocycles. The van der Waals surface area contributed by atoms with Gasteiger partial charge in [-0.25, -0.2) is 9.59 Å². The topological polar surface area (TPSA) is 99.7 Å². The molecule has 2 aromatic rings. The highest BCUT2D eigenvalue weighted by Crippen LogP contribution is 2.50. The van der Waals surface area contributed by atoms with Crippen LogP contribution in [0.3, 0.4) is 0 Å². The summed E-state index contributed by atoms with van der Waals surface area (Å²) in [6.07, 6.45) is 0.336. The number of para-hydroxylation sites is 2. The van der Waals surface area contributed by atoms with Crippen LogP contribution < -0.4 is 9.80 Å². The fourth-order valence-corrected chi connectivity index (χ4v) is 6.35. The molecule has 2 unspecified atom stereocenters. The van der Waals surface area contributed by atoms with E-state index in [1.54, 1.807) is 9.80 Å². The highest BCUT2D eigenvalue weighted by molar-refractivity contribution is 6.12. The molecule has 0 saturated carbocycles. The van der Waals surface area contributed by atoms with Crippen molar-refractivity contribution in [3.63, 3.8) is 0 Å². The number of nitrogens with zero attached hydrogens (tertiary/aromatic N) is 4. The average molecular weight is 571 g/mol. The fraction of sp³-hybridized carbons (Fsp3) is 0.375. The van der Waals surface area contributed by atoms with Crippen molar-refractivity contribution in [3.8, 4) is 0 Å². The third-order valence-electron chi connectivity index (χ3n) is 8.75. The normalized spacial score (nSPS) is 24.6. The van der Waals surface area contributed by atoms with Crippen molar-refractivity contribution >= 4 is 35.1 Å². The lowest BCUT2D eigenvalue weighted by atomic mass is 9.91. The lowest BCUT2D eigenvalue weighted by Gasteiger charge is -2.27. The second-order valence-corrected chi connectivity index (χ2v) is 11.5. The number of rotatable bonds is 9. The smallest absolute Gasteiger partial charge is 0.335 e. The van der Waals surface area contributed by atoms with E-state index in [1.165, 1.54) is 0 Å². The molecule has 2 aromatic carbocycles. The van der Waals surface area contributed by atoms with Crippen LogP contribution in [0.5, 0.6) is 0 Å². The molecule has 2 fully saturated rings. The minimum Gasteiger partial charge on any atom is -0.440 e. The van der Waals surface area contributed by atoms with Crippen molar-refractivity contribution < 1.29 is 28.7 Å². The highest BCUT2D eigenvalue weighted by Gasteiger charge is 2.59. The zero-order chi connectivity index (χ0) is 29.8. The van der Waals surface area contributed by atoms with E-state index in [0.29, 0.717) is 48.5 Å². The minimum absolute atomic E-state index is 0.168. The summed E-state index contributed by atoms with van der Waals surface area (Å²) in [6.45, 7) is 11.2. The lowest BCUT2D eigenvalue weighted by Crippen LogP contribution is -2.45. The highest BCUT2D eigenvalue weighted by atomic mass is 16.6. The van der Waals surface area contributed by atoms with Crippen molar-refractivity contribution in [3.05, 3.63) is 84.0 Å². The number of fused-ring (bicyclic) bond motifs is 4. The molecule has 4 aliphatic rings. The zero-order valence-corrected chi connectivity index (χ0v) is 23.9. The monoisotopic (exact) mass is 570 g/mol. The summed E-state index contributed by atoms with van der Waals surface area (Å²) in [7, 11) is 4.00. The van der Waals surface area contributed by atoms with Gasteiger partial charge in [-0.05, 0) is 26.2 Å². The molecule has 42 heavy (non-hydrogen) atoms. The van der Waals surface area contributed by atoms with Gasteiger partial charge in [0.05, 0.1) is 11.4 Å². The Morgan fingerprint density at radius 3 is 1.40 bits per heavy atom. The molecule has 2 spiro atoms. The Kier molecular flexibility index (Phi) is 6.78. The first-order valence-electron chi connectivity index (χ1n) is 14.1. The summed E-state index contributed by atoms with van der Waals surface area (Å²) in [4.78, 5) is 59.1. The van der Waals surface area contributed by atoms with E-state index in [2.05, 4.69) is 23.0 Å². The maximum atomic E-state index is 13.5. The molecule has 10 nitrogen and oxygen atoms in total. The number of carbonyl (C=O) groups excluding carboxylic acids is 4. The van der Waals surface area contributed by atoms with Gasteiger partial charge < -0.3 is 29.1 Å². The van der Waals surface area contributed by atoms with Gasteiger partial charge in [0.1, 0.15) is 0 Å². The number of hydrogen-bond donors (Lipinski definition) is 0. The number of esters is 2. The Morgan fingerprint density at radius 1 is 0.667 bits per heavy atom. The minimum atomic E-state index is -1.31. The Bertz CT molecular complexity index is 1390. The summed E-state index contributed by atoms with van der Waals surface area (Å²) in [5, 5.41) is 0. The first-order chi connectivity index (χ1) is 20.1. The van der Waals surface area contributed by atoms with Crippen molar-refractivity contribution in [2.75, 3.05) is 63.2 Å². The summed E-state index contributed by atoms with van der Waals surface area (Å²) in [5.74, 6) is -1.51. The molecular weight excluding hydrogens is 536 g/mol. The number of carbonyl (C=O) groups is 4. The SMILES string of the molecule is C=C1CC2(OC1=O)C(=O)N(CCN(C)CCN(C)CCN1C(=O)C3(CC(=C)C(=O)O3)c3ccccc31)c1ccccc12. The van der Waals surface area contributed by atoms with Crippen LogP contribution in [-0.4, -0.2) is 86.9 Å². The molecule has 4 aliphatic heterocycles. The largest absolute Gasteiger partial charge is 0.440 e. The molecule has 0 radical (unpaired) electrons. The second kappa shape index (κ2) is 10.2. The van der Waals surface area contributed by atoms with Gasteiger partial charge >= 0.3 is 11.9 Å². The number of ether oxygens (including phenoxy) is 2. The van der Waals surface area contributed by atoms with Gasteiger partial charge in [-0.2, -0.15) is 0 Å². The summed E-state index contributed by atoms with van der Waals surface area (Å²) in [6, 6.07) is 14.9. The van der Waals surface area contributed by atoms with Crippen LogP contribution in [0.2, 0.25) is 0 Å². The van der Waals surface area contributed by atoms with Crippen molar-refractivity contribution in [2.24, 2.45) is 0 Å². The standard InChI is InChI=1S/C32H34N4O6/c1-21-19-31(41-27(21)37)23-9-5-7-11-25(23)35(29(31)39)17-15-33(3)13-14-34(4)16-18-36-26-12-8-6-10-24(26)32(30(36)40)20-22(2)28(38)42-32/h5-12H,1-2,13-20H2,3-4H3. The van der Waals surface area contributed by atoms with E-state index in [9.17, 15) is 19.2 Å². The summed E-state index contributed by atoms with van der Waals surface area (Å²) >= 11 is 0. The van der Waals surface area contributed by atoms with E-state index in [1.807, 2.05) is 62.6 Å². The third kappa shape index (κ3) is 4.24. The molecule has 6 rings (SSSR count). The molecular formula is C32H34N4O6. The van der Waals surface area contributed by atoms with Gasteiger partial charge in [-0.15, -0.1) is 0 Å². The van der Waals surface area contributed by atoms with Gasteiger partial charge in [-0.3, -0.25) is 9.59 Å². The molecule has 2 amide bonds. The Labute approximate surface area is 244 Å². The summed E-state index contributed by atoms with van der Waals surface area (Å²) in [5.41, 5.74) is 0.950. The Balaban J connectivity index is 1.03. The zero-order valence-electron chi connectivity index (χ0n) is 23.9.